The zero-order chi connectivity index (χ0) is 16.3. The Hall–Kier alpha value is -0.980. The molecule has 1 nitrogen and oxygen atoms in total. The molecule has 1 aromatic rings. The molecule has 23 heavy (non-hydrogen) atoms. The number of unbranched alkanes of at least 4 members (excludes halogenated alkanes) is 4. The first-order valence-corrected chi connectivity index (χ1v) is 10.1. The first kappa shape index (κ1) is 18.4. The smallest absolute Gasteiger partial charge is 0.119 e. The van der Waals surface area contributed by atoms with Crippen molar-refractivity contribution in [2.24, 2.45) is 5.92 Å². The van der Waals surface area contributed by atoms with Gasteiger partial charge in [0.15, 0.2) is 0 Å². The van der Waals surface area contributed by atoms with E-state index >= 15 is 0 Å². The molecule has 0 spiro atoms. The Labute approximate surface area is 143 Å². The minimum Gasteiger partial charge on any atom is -0.494 e. The van der Waals surface area contributed by atoms with Gasteiger partial charge in [-0.3, -0.25) is 0 Å². The molecule has 0 aliphatic heterocycles. The molecule has 130 valence electrons. The summed E-state index contributed by atoms with van der Waals surface area (Å²) in [6, 6.07) is 8.96. The Bertz CT molecular complexity index is 400. The largest absolute Gasteiger partial charge is 0.494 e. The van der Waals surface area contributed by atoms with Crippen molar-refractivity contribution in [3.63, 3.8) is 0 Å². The van der Waals surface area contributed by atoms with E-state index in [1.54, 1.807) is 0 Å². The van der Waals surface area contributed by atoms with Gasteiger partial charge in [-0.25, -0.2) is 0 Å². The van der Waals surface area contributed by atoms with E-state index in [9.17, 15) is 0 Å². The first-order valence-electron chi connectivity index (χ1n) is 10.1. The van der Waals surface area contributed by atoms with Crippen LogP contribution in [0, 0.1) is 5.92 Å². The summed E-state index contributed by atoms with van der Waals surface area (Å²) in [6.45, 7) is 5.39. The predicted molar refractivity (Wildman–Crippen MR) is 100 cm³/mol. The lowest BCUT2D eigenvalue weighted by atomic mass is 9.77. The Morgan fingerprint density at radius 3 is 2.13 bits per heavy atom. The normalized spacial score (nSPS) is 21.3. The molecule has 1 aromatic carbocycles. The minimum atomic E-state index is 0.784. The van der Waals surface area contributed by atoms with Crippen molar-refractivity contribution >= 4 is 0 Å². The van der Waals surface area contributed by atoms with Gasteiger partial charge in [0.2, 0.25) is 0 Å². The second kappa shape index (κ2) is 10.7. The molecule has 0 unspecified atom stereocenters. The summed E-state index contributed by atoms with van der Waals surface area (Å²) in [4.78, 5) is 0. The molecule has 2 rings (SSSR count). The van der Waals surface area contributed by atoms with E-state index in [-0.39, 0.29) is 0 Å². The highest BCUT2D eigenvalue weighted by Crippen LogP contribution is 2.38. The first-order chi connectivity index (χ1) is 11.3. The Morgan fingerprint density at radius 2 is 1.48 bits per heavy atom. The lowest BCUT2D eigenvalue weighted by molar-refractivity contribution is 0.300. The van der Waals surface area contributed by atoms with Crippen molar-refractivity contribution in [2.45, 2.75) is 90.4 Å². The third-order valence-corrected chi connectivity index (χ3v) is 5.43. The standard InChI is InChI=1S/C22H36O/c1-3-5-7-9-19-10-12-20(13-11-19)21-14-16-22(17-15-21)23-18-8-6-4-2/h14-17,19-20H,3-13,18H2,1-2H3. The van der Waals surface area contributed by atoms with Crippen LogP contribution in [0.2, 0.25) is 0 Å². The molecule has 1 fully saturated rings. The van der Waals surface area contributed by atoms with E-state index < -0.39 is 0 Å². The maximum Gasteiger partial charge on any atom is 0.119 e. The van der Waals surface area contributed by atoms with Crippen LogP contribution in [0.1, 0.15) is 96.0 Å². The molecule has 0 radical (unpaired) electrons. The molecular formula is C22H36O. The quantitative estimate of drug-likeness (QED) is 0.418. The molecule has 0 bridgehead atoms. The fourth-order valence-electron chi connectivity index (χ4n) is 3.85. The summed E-state index contributed by atoms with van der Waals surface area (Å²) in [5, 5.41) is 0. The van der Waals surface area contributed by atoms with Crippen molar-refractivity contribution < 1.29 is 4.74 Å². The minimum absolute atomic E-state index is 0.784. The van der Waals surface area contributed by atoms with Gasteiger partial charge < -0.3 is 4.74 Å². The molecule has 1 aliphatic rings. The maximum absolute atomic E-state index is 5.82. The lowest BCUT2D eigenvalue weighted by Gasteiger charge is -2.29. The zero-order valence-corrected chi connectivity index (χ0v) is 15.4. The van der Waals surface area contributed by atoms with Crippen LogP contribution in [-0.2, 0) is 0 Å². The number of rotatable bonds is 10. The molecule has 1 heteroatoms. The van der Waals surface area contributed by atoms with E-state index in [0.717, 1.165) is 24.2 Å². The Morgan fingerprint density at radius 1 is 0.826 bits per heavy atom. The average Bonchev–Trinajstić information content (AvgIpc) is 2.60. The fraction of sp³-hybridized carbons (Fsp3) is 0.727. The molecule has 1 aliphatic carbocycles. The maximum atomic E-state index is 5.82. The van der Waals surface area contributed by atoms with Gasteiger partial charge in [-0.2, -0.15) is 0 Å². The van der Waals surface area contributed by atoms with Gasteiger partial charge in [0.05, 0.1) is 6.61 Å². The second-order valence-electron chi connectivity index (χ2n) is 7.34. The average molecular weight is 317 g/mol. The van der Waals surface area contributed by atoms with Crippen molar-refractivity contribution in [2.75, 3.05) is 6.61 Å². The number of hydrogen-bond acceptors (Lipinski definition) is 1. The van der Waals surface area contributed by atoms with Gasteiger partial charge in [0.1, 0.15) is 5.75 Å². The Balaban J connectivity index is 1.71. The summed E-state index contributed by atoms with van der Waals surface area (Å²) in [5.74, 6) is 2.82. The number of ether oxygens (including phenoxy) is 1. The second-order valence-corrected chi connectivity index (χ2v) is 7.34. The van der Waals surface area contributed by atoms with E-state index in [2.05, 4.69) is 38.1 Å². The van der Waals surface area contributed by atoms with E-state index in [0.29, 0.717) is 0 Å². The van der Waals surface area contributed by atoms with E-state index in [4.69, 9.17) is 4.74 Å². The molecule has 0 N–H and O–H groups in total. The van der Waals surface area contributed by atoms with Crippen LogP contribution >= 0.6 is 0 Å². The monoisotopic (exact) mass is 316 g/mol. The topological polar surface area (TPSA) is 9.23 Å². The number of benzene rings is 1. The zero-order valence-electron chi connectivity index (χ0n) is 15.4. The van der Waals surface area contributed by atoms with Crippen LogP contribution in [0.3, 0.4) is 0 Å². The van der Waals surface area contributed by atoms with Gasteiger partial charge >= 0.3 is 0 Å². The third-order valence-electron chi connectivity index (χ3n) is 5.43. The molecule has 0 heterocycles. The summed E-state index contributed by atoms with van der Waals surface area (Å²) in [5.41, 5.74) is 1.53. The van der Waals surface area contributed by atoms with Gasteiger partial charge in [-0.1, -0.05) is 64.5 Å². The van der Waals surface area contributed by atoms with Gasteiger partial charge in [0.25, 0.3) is 0 Å². The third kappa shape index (κ3) is 6.57. The summed E-state index contributed by atoms with van der Waals surface area (Å²) < 4.78 is 5.82. The SMILES string of the molecule is CCCCCOc1ccc(C2CCC(CCCCC)CC2)cc1. The molecule has 0 amide bonds. The van der Waals surface area contributed by atoms with Crippen LogP contribution in [-0.4, -0.2) is 6.61 Å². The van der Waals surface area contributed by atoms with Gasteiger partial charge in [-0.05, 0) is 61.6 Å². The van der Waals surface area contributed by atoms with Gasteiger partial charge in [-0.15, -0.1) is 0 Å². The summed E-state index contributed by atoms with van der Waals surface area (Å²) in [6.07, 6.45) is 15.0. The highest BCUT2D eigenvalue weighted by Gasteiger charge is 2.21. The van der Waals surface area contributed by atoms with Crippen LogP contribution in [0.25, 0.3) is 0 Å². The highest BCUT2D eigenvalue weighted by atomic mass is 16.5. The van der Waals surface area contributed by atoms with Crippen molar-refractivity contribution in [1.82, 2.24) is 0 Å². The molecular weight excluding hydrogens is 280 g/mol. The van der Waals surface area contributed by atoms with E-state index in [1.165, 1.54) is 76.2 Å². The molecule has 0 aromatic heterocycles. The lowest BCUT2D eigenvalue weighted by Crippen LogP contribution is -2.13. The van der Waals surface area contributed by atoms with Crippen LogP contribution in [0.5, 0.6) is 5.75 Å². The highest BCUT2D eigenvalue weighted by molar-refractivity contribution is 5.29. The number of hydrogen-bond donors (Lipinski definition) is 0. The van der Waals surface area contributed by atoms with Crippen LogP contribution < -0.4 is 4.74 Å². The molecule has 0 atom stereocenters. The van der Waals surface area contributed by atoms with Crippen molar-refractivity contribution in [1.29, 1.82) is 0 Å². The summed E-state index contributed by atoms with van der Waals surface area (Å²) in [7, 11) is 0. The molecule has 1 saturated carbocycles. The molecule has 0 saturated heterocycles. The van der Waals surface area contributed by atoms with Gasteiger partial charge in [0, 0.05) is 0 Å². The predicted octanol–water partition coefficient (Wildman–Crippen LogP) is 7.11. The van der Waals surface area contributed by atoms with Crippen LogP contribution in [0.4, 0.5) is 0 Å². The van der Waals surface area contributed by atoms with Crippen LogP contribution in [0.15, 0.2) is 24.3 Å². The van der Waals surface area contributed by atoms with Crippen molar-refractivity contribution in [3.8, 4) is 5.75 Å². The van der Waals surface area contributed by atoms with Crippen molar-refractivity contribution in [3.05, 3.63) is 29.8 Å². The summed E-state index contributed by atoms with van der Waals surface area (Å²) >= 11 is 0. The Kier molecular flexibility index (Phi) is 8.57. The van der Waals surface area contributed by atoms with E-state index in [1.807, 2.05) is 0 Å². The fourth-order valence-corrected chi connectivity index (χ4v) is 3.85.